The van der Waals surface area contributed by atoms with Gasteiger partial charge in [-0.1, -0.05) is 31.5 Å². The van der Waals surface area contributed by atoms with Gasteiger partial charge < -0.3 is 4.90 Å². The summed E-state index contributed by atoms with van der Waals surface area (Å²) in [7, 11) is 4.13. The average Bonchev–Trinajstić information content (AvgIpc) is 2.41. The molecule has 0 bridgehead atoms. The van der Waals surface area contributed by atoms with E-state index in [9.17, 15) is 4.79 Å². The first kappa shape index (κ1) is 14.2. The number of benzene rings is 1. The predicted molar refractivity (Wildman–Crippen MR) is 78.7 cm³/mol. The molecule has 1 aliphatic rings. The molecule has 1 unspecified atom stereocenters. The van der Waals surface area contributed by atoms with E-state index >= 15 is 0 Å². The van der Waals surface area contributed by atoms with E-state index in [4.69, 9.17) is 0 Å². The summed E-state index contributed by atoms with van der Waals surface area (Å²) < 4.78 is 0. The van der Waals surface area contributed by atoms with Crippen LogP contribution < -0.4 is 0 Å². The van der Waals surface area contributed by atoms with Crippen LogP contribution in [0.3, 0.4) is 0 Å². The third-order valence-electron chi connectivity index (χ3n) is 3.90. The van der Waals surface area contributed by atoms with Crippen molar-refractivity contribution in [2.24, 2.45) is 0 Å². The molecular weight excluding hydrogens is 236 g/mol. The maximum Gasteiger partial charge on any atom is 0.181 e. The van der Waals surface area contributed by atoms with Crippen LogP contribution in [0.2, 0.25) is 0 Å². The molecule has 0 amide bonds. The van der Waals surface area contributed by atoms with E-state index in [1.807, 2.05) is 19.2 Å². The third kappa shape index (κ3) is 3.43. The lowest BCUT2D eigenvalue weighted by Crippen LogP contribution is -2.53. The molecule has 1 saturated heterocycles. The molecule has 0 radical (unpaired) electrons. The second-order valence-electron chi connectivity index (χ2n) is 5.57. The van der Waals surface area contributed by atoms with Gasteiger partial charge in [0.2, 0.25) is 0 Å². The number of likely N-dealkylation sites (N-methyl/N-ethyl adjacent to an activating group) is 2. The molecule has 1 aromatic rings. The van der Waals surface area contributed by atoms with Gasteiger partial charge in [0, 0.05) is 25.2 Å². The number of carbonyl (C=O) groups excluding carboxylic acids is 1. The van der Waals surface area contributed by atoms with Gasteiger partial charge in [-0.25, -0.2) is 0 Å². The van der Waals surface area contributed by atoms with Crippen molar-refractivity contribution in [3.8, 4) is 0 Å². The van der Waals surface area contributed by atoms with E-state index in [0.717, 1.165) is 38.0 Å². The van der Waals surface area contributed by atoms with Crippen LogP contribution in [0.1, 0.15) is 29.3 Å². The Bertz CT molecular complexity index is 444. The van der Waals surface area contributed by atoms with Crippen LogP contribution in [0.5, 0.6) is 0 Å². The zero-order valence-corrected chi connectivity index (χ0v) is 12.2. The van der Waals surface area contributed by atoms with E-state index in [1.165, 1.54) is 5.56 Å². The van der Waals surface area contributed by atoms with Gasteiger partial charge in [-0.15, -0.1) is 0 Å². The number of hydrogen-bond acceptors (Lipinski definition) is 3. The quantitative estimate of drug-likeness (QED) is 0.774. The van der Waals surface area contributed by atoms with Crippen molar-refractivity contribution in [3.05, 3.63) is 35.4 Å². The summed E-state index contributed by atoms with van der Waals surface area (Å²) in [4.78, 5) is 17.1. The van der Waals surface area contributed by atoms with Crippen molar-refractivity contribution in [2.75, 3.05) is 33.7 Å². The number of hydrogen-bond donors (Lipinski definition) is 0. The first-order valence-corrected chi connectivity index (χ1v) is 7.13. The fourth-order valence-electron chi connectivity index (χ4n) is 2.65. The molecule has 1 aliphatic heterocycles. The van der Waals surface area contributed by atoms with Crippen LogP contribution >= 0.6 is 0 Å². The Morgan fingerprint density at radius 2 is 2.11 bits per heavy atom. The van der Waals surface area contributed by atoms with E-state index in [1.54, 1.807) is 0 Å². The second-order valence-corrected chi connectivity index (χ2v) is 5.57. The van der Waals surface area contributed by atoms with Crippen molar-refractivity contribution in [1.29, 1.82) is 0 Å². The standard InChI is InChI=1S/C16H24N2O/c1-4-6-13-7-5-8-14(11-13)16(19)15-12-17(2)9-10-18(15)3/h5,7-8,11,15H,4,6,9-10,12H2,1-3H3. The number of Topliss-reactive ketones (excluding diaryl/α,β-unsaturated/α-hetero) is 1. The first-order valence-electron chi connectivity index (χ1n) is 7.13. The summed E-state index contributed by atoms with van der Waals surface area (Å²) in [6.07, 6.45) is 2.16. The van der Waals surface area contributed by atoms with Gasteiger partial charge in [0.1, 0.15) is 0 Å². The Morgan fingerprint density at radius 1 is 1.32 bits per heavy atom. The van der Waals surface area contributed by atoms with Gasteiger partial charge in [0.15, 0.2) is 5.78 Å². The molecule has 1 atom stereocenters. The minimum absolute atomic E-state index is 0.00405. The molecule has 1 heterocycles. The van der Waals surface area contributed by atoms with Gasteiger partial charge in [-0.2, -0.15) is 0 Å². The largest absolute Gasteiger partial charge is 0.303 e. The Balaban J connectivity index is 2.16. The smallest absolute Gasteiger partial charge is 0.181 e. The summed E-state index contributed by atoms with van der Waals surface area (Å²) in [5, 5.41) is 0. The van der Waals surface area contributed by atoms with Crippen molar-refractivity contribution >= 4 is 5.78 Å². The van der Waals surface area contributed by atoms with Gasteiger partial charge in [-0.05, 0) is 32.1 Å². The number of aryl methyl sites for hydroxylation is 1. The van der Waals surface area contributed by atoms with Crippen molar-refractivity contribution in [3.63, 3.8) is 0 Å². The molecule has 3 heteroatoms. The Hall–Kier alpha value is -1.19. The van der Waals surface area contributed by atoms with E-state index in [0.29, 0.717) is 0 Å². The zero-order valence-electron chi connectivity index (χ0n) is 12.2. The SMILES string of the molecule is CCCc1cccc(C(=O)C2CN(C)CCN2C)c1. The fraction of sp³-hybridized carbons (Fsp3) is 0.562. The molecule has 2 rings (SSSR count). The highest BCUT2D eigenvalue weighted by Gasteiger charge is 2.29. The number of ketones is 1. The molecule has 3 nitrogen and oxygen atoms in total. The minimum Gasteiger partial charge on any atom is -0.303 e. The fourth-order valence-corrected chi connectivity index (χ4v) is 2.65. The summed E-state index contributed by atoms with van der Waals surface area (Å²) in [6.45, 7) is 4.99. The molecule has 1 aromatic carbocycles. The lowest BCUT2D eigenvalue weighted by Gasteiger charge is -2.36. The first-order chi connectivity index (χ1) is 9.11. The average molecular weight is 260 g/mol. The topological polar surface area (TPSA) is 23.6 Å². The molecule has 19 heavy (non-hydrogen) atoms. The molecular formula is C16H24N2O. The number of carbonyl (C=O) groups is 1. The zero-order chi connectivity index (χ0) is 13.8. The predicted octanol–water partition coefficient (Wildman–Crippen LogP) is 2.07. The van der Waals surface area contributed by atoms with Crippen LogP contribution in [0.25, 0.3) is 0 Å². The Kier molecular flexibility index (Phi) is 4.72. The van der Waals surface area contributed by atoms with Crippen molar-refractivity contribution in [1.82, 2.24) is 9.80 Å². The summed E-state index contributed by atoms with van der Waals surface area (Å²) in [5.41, 5.74) is 2.12. The molecule has 0 saturated carbocycles. The van der Waals surface area contributed by atoms with Gasteiger partial charge in [0.25, 0.3) is 0 Å². The maximum absolute atomic E-state index is 12.6. The van der Waals surface area contributed by atoms with Crippen LogP contribution in [0.4, 0.5) is 0 Å². The number of rotatable bonds is 4. The Morgan fingerprint density at radius 3 is 2.84 bits per heavy atom. The monoisotopic (exact) mass is 260 g/mol. The van der Waals surface area contributed by atoms with Crippen LogP contribution in [0.15, 0.2) is 24.3 Å². The van der Waals surface area contributed by atoms with Crippen LogP contribution in [-0.4, -0.2) is 55.4 Å². The van der Waals surface area contributed by atoms with Crippen molar-refractivity contribution in [2.45, 2.75) is 25.8 Å². The number of nitrogens with zero attached hydrogens (tertiary/aromatic N) is 2. The Labute approximate surface area is 116 Å². The lowest BCUT2D eigenvalue weighted by atomic mass is 9.98. The highest BCUT2D eigenvalue weighted by molar-refractivity contribution is 6.00. The molecule has 0 aromatic heterocycles. The highest BCUT2D eigenvalue weighted by Crippen LogP contribution is 2.15. The summed E-state index contributed by atoms with van der Waals surface area (Å²) >= 11 is 0. The van der Waals surface area contributed by atoms with E-state index in [2.05, 4.69) is 35.9 Å². The molecule has 0 spiro atoms. The lowest BCUT2D eigenvalue weighted by molar-refractivity contribution is 0.0686. The molecule has 0 aliphatic carbocycles. The van der Waals surface area contributed by atoms with Crippen LogP contribution in [-0.2, 0) is 6.42 Å². The van der Waals surface area contributed by atoms with Gasteiger partial charge in [0.05, 0.1) is 6.04 Å². The highest BCUT2D eigenvalue weighted by atomic mass is 16.1. The van der Waals surface area contributed by atoms with Crippen molar-refractivity contribution < 1.29 is 4.79 Å². The molecule has 0 N–H and O–H groups in total. The molecule has 104 valence electrons. The van der Waals surface area contributed by atoms with Crippen LogP contribution in [0, 0.1) is 0 Å². The second kappa shape index (κ2) is 6.31. The van der Waals surface area contributed by atoms with Gasteiger partial charge >= 0.3 is 0 Å². The molecule has 1 fully saturated rings. The maximum atomic E-state index is 12.6. The normalized spacial score (nSPS) is 21.5. The summed E-state index contributed by atoms with van der Waals surface area (Å²) in [6, 6.07) is 8.12. The third-order valence-corrected chi connectivity index (χ3v) is 3.90. The van der Waals surface area contributed by atoms with E-state index < -0.39 is 0 Å². The number of piperazine rings is 1. The van der Waals surface area contributed by atoms with E-state index in [-0.39, 0.29) is 11.8 Å². The minimum atomic E-state index is -0.00405. The summed E-state index contributed by atoms with van der Waals surface area (Å²) in [5.74, 6) is 0.256. The van der Waals surface area contributed by atoms with Gasteiger partial charge in [-0.3, -0.25) is 9.69 Å².